The van der Waals surface area contributed by atoms with Gasteiger partial charge in [0.1, 0.15) is 0 Å². The van der Waals surface area contributed by atoms with Crippen LogP contribution >= 0.6 is 0 Å². The minimum absolute atomic E-state index is 0.331. The van der Waals surface area contributed by atoms with Crippen LogP contribution in [0.25, 0.3) is 0 Å². The zero-order valence-corrected chi connectivity index (χ0v) is 10.1. The summed E-state index contributed by atoms with van der Waals surface area (Å²) in [6.07, 6.45) is 1.04. The van der Waals surface area contributed by atoms with E-state index in [9.17, 15) is 0 Å². The second kappa shape index (κ2) is 5.39. The Morgan fingerprint density at radius 1 is 1.06 bits per heavy atom. The molecule has 3 N–H and O–H groups in total. The molecule has 0 amide bonds. The van der Waals surface area contributed by atoms with Crippen molar-refractivity contribution in [1.29, 1.82) is 0 Å². The lowest BCUT2D eigenvalue weighted by molar-refractivity contribution is 0.749. The molecule has 2 aromatic carbocycles. The van der Waals surface area contributed by atoms with Crippen LogP contribution in [0.5, 0.6) is 0 Å². The summed E-state index contributed by atoms with van der Waals surface area (Å²) >= 11 is 0. The second-order valence-corrected chi connectivity index (χ2v) is 4.14. The van der Waals surface area contributed by atoms with Crippen molar-refractivity contribution < 1.29 is 0 Å². The van der Waals surface area contributed by atoms with E-state index in [2.05, 4.69) is 36.5 Å². The number of nitrogens with one attached hydrogen (secondary N) is 1. The summed E-state index contributed by atoms with van der Waals surface area (Å²) in [5, 5.41) is 3.51. The molecule has 0 spiro atoms. The van der Waals surface area contributed by atoms with E-state index >= 15 is 0 Å². The molecule has 0 fully saturated rings. The molecule has 0 aliphatic heterocycles. The van der Waals surface area contributed by atoms with E-state index in [0.29, 0.717) is 6.04 Å². The van der Waals surface area contributed by atoms with Crippen LogP contribution in [-0.2, 0) is 0 Å². The van der Waals surface area contributed by atoms with Crippen molar-refractivity contribution in [3.05, 3.63) is 60.2 Å². The molecule has 0 saturated heterocycles. The van der Waals surface area contributed by atoms with E-state index in [-0.39, 0.29) is 0 Å². The molecule has 2 rings (SSSR count). The van der Waals surface area contributed by atoms with Gasteiger partial charge in [-0.3, -0.25) is 0 Å². The van der Waals surface area contributed by atoms with Gasteiger partial charge in [0.25, 0.3) is 0 Å². The number of anilines is 2. The normalized spacial score (nSPS) is 12.1. The molecule has 88 valence electrons. The molecule has 0 heterocycles. The minimum atomic E-state index is 0.331. The molecule has 0 aliphatic carbocycles. The number of hydrogen-bond donors (Lipinski definition) is 2. The van der Waals surface area contributed by atoms with Gasteiger partial charge < -0.3 is 11.1 Å². The van der Waals surface area contributed by atoms with Crippen molar-refractivity contribution in [2.45, 2.75) is 19.4 Å². The van der Waals surface area contributed by atoms with Gasteiger partial charge in [-0.1, -0.05) is 43.3 Å². The monoisotopic (exact) mass is 226 g/mol. The van der Waals surface area contributed by atoms with E-state index in [1.54, 1.807) is 0 Å². The van der Waals surface area contributed by atoms with Gasteiger partial charge in [-0.2, -0.15) is 0 Å². The Morgan fingerprint density at radius 2 is 1.82 bits per heavy atom. The first-order valence-electron chi connectivity index (χ1n) is 5.96. The molecule has 0 radical (unpaired) electrons. The number of hydrogen-bond acceptors (Lipinski definition) is 2. The molecule has 1 unspecified atom stereocenters. The van der Waals surface area contributed by atoms with Gasteiger partial charge in [0.2, 0.25) is 0 Å². The lowest BCUT2D eigenvalue weighted by Crippen LogP contribution is -2.09. The first kappa shape index (κ1) is 11.5. The molecule has 0 aliphatic rings. The molecule has 2 nitrogen and oxygen atoms in total. The number of rotatable bonds is 4. The molecule has 2 heteroatoms. The Hall–Kier alpha value is -1.96. The molecule has 17 heavy (non-hydrogen) atoms. The van der Waals surface area contributed by atoms with Gasteiger partial charge in [-0.15, -0.1) is 0 Å². The van der Waals surface area contributed by atoms with E-state index in [0.717, 1.165) is 17.8 Å². The Labute approximate surface area is 102 Å². The Balaban J connectivity index is 2.16. The number of nitrogens with two attached hydrogens (primary N) is 1. The van der Waals surface area contributed by atoms with E-state index < -0.39 is 0 Å². The van der Waals surface area contributed by atoms with Gasteiger partial charge in [0.15, 0.2) is 0 Å². The third-order valence-electron chi connectivity index (χ3n) is 2.84. The van der Waals surface area contributed by atoms with Crippen molar-refractivity contribution in [1.82, 2.24) is 0 Å². The molecular weight excluding hydrogens is 208 g/mol. The summed E-state index contributed by atoms with van der Waals surface area (Å²) in [4.78, 5) is 0. The molecule has 2 aromatic rings. The highest BCUT2D eigenvalue weighted by Gasteiger charge is 2.08. The van der Waals surface area contributed by atoms with Crippen LogP contribution in [0.2, 0.25) is 0 Å². The van der Waals surface area contributed by atoms with Crippen LogP contribution in [0.4, 0.5) is 11.4 Å². The highest BCUT2D eigenvalue weighted by Crippen LogP contribution is 2.23. The predicted molar refractivity (Wildman–Crippen MR) is 74.0 cm³/mol. The smallest absolute Gasteiger partial charge is 0.0511 e. The Morgan fingerprint density at radius 3 is 2.47 bits per heavy atom. The highest BCUT2D eigenvalue weighted by atomic mass is 14.9. The van der Waals surface area contributed by atoms with Crippen LogP contribution in [-0.4, -0.2) is 0 Å². The summed E-state index contributed by atoms with van der Waals surface area (Å²) in [5.41, 5.74) is 8.94. The average molecular weight is 226 g/mol. The number of benzene rings is 2. The number of nitrogen functional groups attached to an aromatic ring is 1. The predicted octanol–water partition coefficient (Wildman–Crippen LogP) is 3.83. The first-order chi connectivity index (χ1) is 8.29. The van der Waals surface area contributed by atoms with Crippen LogP contribution in [0, 0.1) is 0 Å². The van der Waals surface area contributed by atoms with Crippen LogP contribution < -0.4 is 11.1 Å². The van der Waals surface area contributed by atoms with Crippen LogP contribution in [0.3, 0.4) is 0 Å². The maximum atomic E-state index is 5.77. The van der Waals surface area contributed by atoms with Gasteiger partial charge >= 0.3 is 0 Å². The van der Waals surface area contributed by atoms with E-state index in [1.807, 2.05) is 30.3 Å². The lowest BCUT2D eigenvalue weighted by atomic mass is 10.0. The summed E-state index contributed by atoms with van der Waals surface area (Å²) in [5.74, 6) is 0. The van der Waals surface area contributed by atoms with Crippen molar-refractivity contribution in [3.8, 4) is 0 Å². The van der Waals surface area contributed by atoms with Crippen molar-refractivity contribution in [2.24, 2.45) is 0 Å². The Kier molecular flexibility index (Phi) is 3.66. The molecule has 1 atom stereocenters. The fraction of sp³-hybridized carbons (Fsp3) is 0.200. The second-order valence-electron chi connectivity index (χ2n) is 4.14. The standard InChI is InChI=1S/C15H18N2/c1-2-15(12-7-4-3-5-8-12)17-14-10-6-9-13(16)11-14/h3-11,15,17H,2,16H2,1H3. The van der Waals surface area contributed by atoms with Crippen LogP contribution in [0.15, 0.2) is 54.6 Å². The average Bonchev–Trinajstić information content (AvgIpc) is 2.37. The van der Waals surface area contributed by atoms with Crippen molar-refractivity contribution in [3.63, 3.8) is 0 Å². The van der Waals surface area contributed by atoms with Gasteiger partial charge in [-0.25, -0.2) is 0 Å². The van der Waals surface area contributed by atoms with Crippen molar-refractivity contribution >= 4 is 11.4 Å². The van der Waals surface area contributed by atoms with Crippen molar-refractivity contribution in [2.75, 3.05) is 11.1 Å². The topological polar surface area (TPSA) is 38.0 Å². The molecular formula is C15H18N2. The lowest BCUT2D eigenvalue weighted by Gasteiger charge is -2.19. The maximum Gasteiger partial charge on any atom is 0.0511 e. The molecule has 0 saturated carbocycles. The fourth-order valence-electron chi connectivity index (χ4n) is 1.94. The fourth-order valence-corrected chi connectivity index (χ4v) is 1.94. The zero-order chi connectivity index (χ0) is 12.1. The highest BCUT2D eigenvalue weighted by molar-refractivity contribution is 5.55. The van der Waals surface area contributed by atoms with Gasteiger partial charge in [0, 0.05) is 11.4 Å². The van der Waals surface area contributed by atoms with Gasteiger partial charge in [0.05, 0.1) is 6.04 Å². The van der Waals surface area contributed by atoms with E-state index in [1.165, 1.54) is 5.56 Å². The third kappa shape index (κ3) is 3.00. The third-order valence-corrected chi connectivity index (χ3v) is 2.84. The van der Waals surface area contributed by atoms with E-state index in [4.69, 9.17) is 5.73 Å². The summed E-state index contributed by atoms with van der Waals surface area (Å²) in [6.45, 7) is 2.18. The largest absolute Gasteiger partial charge is 0.399 e. The first-order valence-corrected chi connectivity index (χ1v) is 5.96. The van der Waals surface area contributed by atoms with Crippen LogP contribution in [0.1, 0.15) is 24.9 Å². The SMILES string of the molecule is CCC(Nc1cccc(N)c1)c1ccccc1. The Bertz CT molecular complexity index is 465. The minimum Gasteiger partial charge on any atom is -0.399 e. The summed E-state index contributed by atoms with van der Waals surface area (Å²) < 4.78 is 0. The molecule has 0 bridgehead atoms. The summed E-state index contributed by atoms with van der Waals surface area (Å²) in [7, 11) is 0. The molecule has 0 aromatic heterocycles. The summed E-state index contributed by atoms with van der Waals surface area (Å²) in [6, 6.07) is 18.7. The van der Waals surface area contributed by atoms with Gasteiger partial charge in [-0.05, 0) is 30.2 Å². The quantitative estimate of drug-likeness (QED) is 0.777. The zero-order valence-electron chi connectivity index (χ0n) is 10.1. The maximum absolute atomic E-state index is 5.77.